The quantitative estimate of drug-likeness (QED) is 0.705. The van der Waals surface area contributed by atoms with Gasteiger partial charge in [-0.2, -0.15) is 0 Å². The minimum absolute atomic E-state index is 0.344. The van der Waals surface area contributed by atoms with E-state index >= 15 is 0 Å². The van der Waals surface area contributed by atoms with Gasteiger partial charge in [-0.05, 0) is 54.2 Å². The van der Waals surface area contributed by atoms with Gasteiger partial charge in [0.05, 0.1) is 6.04 Å². The first kappa shape index (κ1) is 14.7. The molecule has 4 heterocycles. The third kappa shape index (κ3) is 1.88. The molecule has 4 heteroatoms. The first-order chi connectivity index (χ1) is 12.8. The summed E-state index contributed by atoms with van der Waals surface area (Å²) < 4.78 is 11.3. The van der Waals surface area contributed by atoms with Crippen LogP contribution in [0.15, 0.2) is 36.4 Å². The van der Waals surface area contributed by atoms with Gasteiger partial charge in [0.1, 0.15) is 0 Å². The molecular formula is C22H22N2O2. The lowest BCUT2D eigenvalue weighted by Crippen LogP contribution is -2.42. The molecule has 2 atom stereocenters. The lowest BCUT2D eigenvalue weighted by molar-refractivity contribution is 0.102. The number of nitrogens with zero attached hydrogens (tertiary/aromatic N) is 1. The van der Waals surface area contributed by atoms with Crippen LogP contribution in [0.4, 0.5) is 0 Å². The molecule has 132 valence electrons. The molecule has 2 aromatic carbocycles. The summed E-state index contributed by atoms with van der Waals surface area (Å²) in [6.07, 6.45) is 3.26. The number of para-hydroxylation sites is 1. The second-order valence-corrected chi connectivity index (χ2v) is 7.60. The molecule has 0 spiro atoms. The summed E-state index contributed by atoms with van der Waals surface area (Å²) in [6, 6.07) is 14.0. The van der Waals surface area contributed by atoms with Crippen molar-refractivity contribution in [3.05, 3.63) is 58.8 Å². The molecule has 0 saturated heterocycles. The van der Waals surface area contributed by atoms with E-state index in [1.807, 2.05) is 0 Å². The number of aromatic amines is 1. The van der Waals surface area contributed by atoms with Crippen LogP contribution in [0.5, 0.6) is 11.5 Å². The molecule has 0 radical (unpaired) electrons. The molecule has 3 aliphatic rings. The fourth-order valence-corrected chi connectivity index (χ4v) is 5.23. The number of hydrogen-bond donors (Lipinski definition) is 1. The van der Waals surface area contributed by atoms with Gasteiger partial charge >= 0.3 is 0 Å². The maximum absolute atomic E-state index is 5.68. The number of benzene rings is 2. The summed E-state index contributed by atoms with van der Waals surface area (Å²) in [5.41, 5.74) is 7.04. The van der Waals surface area contributed by atoms with Crippen molar-refractivity contribution in [2.75, 3.05) is 13.3 Å². The molecule has 3 aliphatic heterocycles. The summed E-state index contributed by atoms with van der Waals surface area (Å²) in [5.74, 6) is 1.82. The lowest BCUT2D eigenvalue weighted by atomic mass is 9.82. The van der Waals surface area contributed by atoms with Gasteiger partial charge < -0.3 is 14.5 Å². The van der Waals surface area contributed by atoms with E-state index in [-0.39, 0.29) is 0 Å². The first-order valence-corrected chi connectivity index (χ1v) is 9.61. The number of ether oxygens (including phenoxy) is 2. The van der Waals surface area contributed by atoms with Gasteiger partial charge in [-0.3, -0.25) is 4.90 Å². The van der Waals surface area contributed by atoms with E-state index in [4.69, 9.17) is 9.47 Å². The summed E-state index contributed by atoms with van der Waals surface area (Å²) in [6.45, 7) is 3.75. The Morgan fingerprint density at radius 1 is 1.15 bits per heavy atom. The molecule has 4 nitrogen and oxygen atoms in total. The summed E-state index contributed by atoms with van der Waals surface area (Å²) >= 11 is 0. The first-order valence-electron chi connectivity index (χ1n) is 9.61. The summed E-state index contributed by atoms with van der Waals surface area (Å²) in [4.78, 5) is 6.43. The van der Waals surface area contributed by atoms with Crippen LogP contribution in [0.3, 0.4) is 0 Å². The fourth-order valence-electron chi connectivity index (χ4n) is 5.23. The molecular weight excluding hydrogens is 324 g/mol. The molecule has 0 bridgehead atoms. The van der Waals surface area contributed by atoms with Gasteiger partial charge in [0.15, 0.2) is 11.5 Å². The van der Waals surface area contributed by atoms with Crippen molar-refractivity contribution in [3.63, 3.8) is 0 Å². The zero-order chi connectivity index (χ0) is 17.3. The highest BCUT2D eigenvalue weighted by atomic mass is 16.7. The minimum atomic E-state index is 0.344. The minimum Gasteiger partial charge on any atom is -0.454 e. The lowest BCUT2D eigenvalue weighted by Gasteiger charge is -2.45. The monoisotopic (exact) mass is 346 g/mol. The fraction of sp³-hybridized carbons (Fsp3) is 0.364. The second kappa shape index (κ2) is 5.27. The van der Waals surface area contributed by atoms with Crippen molar-refractivity contribution in [2.24, 2.45) is 0 Å². The van der Waals surface area contributed by atoms with Gasteiger partial charge in [-0.25, -0.2) is 0 Å². The number of fused-ring (bicyclic) bond motifs is 7. The smallest absolute Gasteiger partial charge is 0.231 e. The van der Waals surface area contributed by atoms with E-state index in [1.54, 1.807) is 0 Å². The van der Waals surface area contributed by atoms with E-state index in [0.29, 0.717) is 18.9 Å². The predicted molar refractivity (Wildman–Crippen MR) is 101 cm³/mol. The SMILES string of the molecule is CCC1c2[nH]c3ccccc3c2CC2c3cc4c(cc3CCN21)OCO4. The molecule has 1 aromatic heterocycles. The van der Waals surface area contributed by atoms with Crippen LogP contribution < -0.4 is 9.47 Å². The maximum Gasteiger partial charge on any atom is 0.231 e. The highest BCUT2D eigenvalue weighted by molar-refractivity contribution is 5.85. The number of aromatic nitrogens is 1. The Morgan fingerprint density at radius 2 is 2.00 bits per heavy atom. The third-order valence-corrected chi connectivity index (χ3v) is 6.40. The van der Waals surface area contributed by atoms with Crippen molar-refractivity contribution in [1.29, 1.82) is 0 Å². The van der Waals surface area contributed by atoms with E-state index in [2.05, 4.69) is 53.2 Å². The predicted octanol–water partition coefficient (Wildman–Crippen LogP) is 4.50. The largest absolute Gasteiger partial charge is 0.454 e. The van der Waals surface area contributed by atoms with E-state index in [1.165, 1.54) is 33.3 Å². The zero-order valence-corrected chi connectivity index (χ0v) is 14.9. The topological polar surface area (TPSA) is 37.5 Å². The average molecular weight is 346 g/mol. The molecule has 2 unspecified atom stereocenters. The molecule has 0 saturated carbocycles. The Hall–Kier alpha value is -2.46. The molecule has 0 amide bonds. The van der Waals surface area contributed by atoms with Crippen LogP contribution in [0.2, 0.25) is 0 Å². The van der Waals surface area contributed by atoms with Crippen molar-refractivity contribution in [3.8, 4) is 11.5 Å². The van der Waals surface area contributed by atoms with Crippen molar-refractivity contribution in [1.82, 2.24) is 9.88 Å². The van der Waals surface area contributed by atoms with Gasteiger partial charge in [-0.1, -0.05) is 25.1 Å². The van der Waals surface area contributed by atoms with E-state index < -0.39 is 0 Å². The van der Waals surface area contributed by atoms with Crippen molar-refractivity contribution in [2.45, 2.75) is 38.3 Å². The Bertz CT molecular complexity index is 1020. The Kier molecular flexibility index (Phi) is 2.98. The van der Waals surface area contributed by atoms with Gasteiger partial charge in [0.25, 0.3) is 0 Å². The van der Waals surface area contributed by atoms with Crippen LogP contribution in [0, 0.1) is 0 Å². The standard InChI is InChI=1S/C22H22N2O2/c1-2-18-22-16(14-5-3-4-6-17(14)23-22)10-19-15-11-21-20(25-12-26-21)9-13(15)7-8-24(18)19/h3-6,9,11,18-19,23H,2,7-8,10,12H2,1H3. The Balaban J connectivity index is 1.53. The highest BCUT2D eigenvalue weighted by Crippen LogP contribution is 2.49. The molecule has 0 aliphatic carbocycles. The van der Waals surface area contributed by atoms with E-state index in [9.17, 15) is 0 Å². The summed E-state index contributed by atoms with van der Waals surface area (Å²) in [7, 11) is 0. The molecule has 6 rings (SSSR count). The second-order valence-electron chi connectivity index (χ2n) is 7.60. The number of H-pyrrole nitrogens is 1. The zero-order valence-electron chi connectivity index (χ0n) is 14.9. The van der Waals surface area contributed by atoms with Crippen molar-refractivity contribution < 1.29 is 9.47 Å². The molecule has 0 fully saturated rings. The highest BCUT2D eigenvalue weighted by Gasteiger charge is 2.40. The number of hydrogen-bond acceptors (Lipinski definition) is 3. The van der Waals surface area contributed by atoms with Crippen LogP contribution in [0.1, 0.15) is 47.8 Å². The Morgan fingerprint density at radius 3 is 2.88 bits per heavy atom. The van der Waals surface area contributed by atoms with Gasteiger partial charge in [0, 0.05) is 29.2 Å². The van der Waals surface area contributed by atoms with Crippen molar-refractivity contribution >= 4 is 10.9 Å². The van der Waals surface area contributed by atoms with Crippen LogP contribution >= 0.6 is 0 Å². The Labute approximate surface area is 152 Å². The molecule has 26 heavy (non-hydrogen) atoms. The molecule has 3 aromatic rings. The maximum atomic E-state index is 5.68. The normalized spacial score (nSPS) is 23.6. The van der Waals surface area contributed by atoms with Crippen LogP contribution in [-0.2, 0) is 12.8 Å². The third-order valence-electron chi connectivity index (χ3n) is 6.40. The van der Waals surface area contributed by atoms with Crippen LogP contribution in [0.25, 0.3) is 10.9 Å². The number of nitrogens with one attached hydrogen (secondary N) is 1. The van der Waals surface area contributed by atoms with Gasteiger partial charge in [-0.15, -0.1) is 0 Å². The van der Waals surface area contributed by atoms with Crippen LogP contribution in [-0.4, -0.2) is 23.2 Å². The molecule has 1 N–H and O–H groups in total. The van der Waals surface area contributed by atoms with Gasteiger partial charge in [0.2, 0.25) is 6.79 Å². The number of rotatable bonds is 1. The average Bonchev–Trinajstić information content (AvgIpc) is 3.28. The van der Waals surface area contributed by atoms with E-state index in [0.717, 1.165) is 37.3 Å². The summed E-state index contributed by atoms with van der Waals surface area (Å²) in [5, 5.41) is 1.38.